The smallest absolute Gasteiger partial charge is 0.0247 e. The second-order valence-electron chi connectivity index (χ2n) is 5.40. The molecule has 2 unspecified atom stereocenters. The first-order valence-corrected chi connectivity index (χ1v) is 6.33. The summed E-state index contributed by atoms with van der Waals surface area (Å²) in [6.45, 7) is 3.35. The number of piperidine rings is 1. The molecule has 2 N–H and O–H groups in total. The fourth-order valence-corrected chi connectivity index (χ4v) is 2.83. The molecule has 2 aliphatic rings. The summed E-state index contributed by atoms with van der Waals surface area (Å²) >= 11 is 0. The normalized spacial score (nSPS) is 30.8. The van der Waals surface area contributed by atoms with Crippen molar-refractivity contribution in [2.24, 2.45) is 11.7 Å². The van der Waals surface area contributed by atoms with Crippen LogP contribution in [0.5, 0.6) is 0 Å². The maximum Gasteiger partial charge on any atom is 0.0247 e. The molecule has 0 aromatic heterocycles. The van der Waals surface area contributed by atoms with Crippen LogP contribution in [0.15, 0.2) is 0 Å². The van der Waals surface area contributed by atoms with Crippen molar-refractivity contribution < 1.29 is 0 Å². The van der Waals surface area contributed by atoms with E-state index in [0.717, 1.165) is 18.5 Å². The summed E-state index contributed by atoms with van der Waals surface area (Å²) in [5.74, 6) is 0.913. The van der Waals surface area contributed by atoms with E-state index in [4.69, 9.17) is 5.73 Å². The van der Waals surface area contributed by atoms with Gasteiger partial charge in [-0.25, -0.2) is 0 Å². The third-order valence-corrected chi connectivity index (χ3v) is 4.03. The lowest BCUT2D eigenvalue weighted by Gasteiger charge is -2.40. The van der Waals surface area contributed by atoms with Gasteiger partial charge in [0.15, 0.2) is 0 Å². The Morgan fingerprint density at radius 2 is 2.07 bits per heavy atom. The van der Waals surface area contributed by atoms with E-state index in [1.165, 1.54) is 38.8 Å². The average molecular weight is 211 g/mol. The molecule has 0 aromatic rings. The maximum absolute atomic E-state index is 5.91. The summed E-state index contributed by atoms with van der Waals surface area (Å²) in [6, 6.07) is 1.42. The molecule has 2 fully saturated rings. The van der Waals surface area contributed by atoms with Gasteiger partial charge in [-0.05, 0) is 52.2 Å². The van der Waals surface area contributed by atoms with Crippen LogP contribution in [0.1, 0.15) is 25.7 Å². The van der Waals surface area contributed by atoms with E-state index in [2.05, 4.69) is 23.9 Å². The highest BCUT2D eigenvalue weighted by Gasteiger charge is 2.36. The van der Waals surface area contributed by atoms with Crippen LogP contribution in [-0.2, 0) is 0 Å². The van der Waals surface area contributed by atoms with Gasteiger partial charge in [0.2, 0.25) is 0 Å². The minimum absolute atomic E-state index is 0.674. The molecule has 0 aromatic carbocycles. The molecule has 15 heavy (non-hydrogen) atoms. The van der Waals surface area contributed by atoms with E-state index < -0.39 is 0 Å². The first kappa shape index (κ1) is 11.4. The second kappa shape index (κ2) is 4.81. The second-order valence-corrected chi connectivity index (χ2v) is 5.40. The van der Waals surface area contributed by atoms with Crippen molar-refractivity contribution in [2.45, 2.75) is 37.8 Å². The van der Waals surface area contributed by atoms with Gasteiger partial charge < -0.3 is 10.6 Å². The molecule has 2 rings (SSSR count). The van der Waals surface area contributed by atoms with Gasteiger partial charge in [-0.2, -0.15) is 0 Å². The molecule has 1 saturated heterocycles. The van der Waals surface area contributed by atoms with Crippen LogP contribution in [0.2, 0.25) is 0 Å². The van der Waals surface area contributed by atoms with Gasteiger partial charge in [0.05, 0.1) is 0 Å². The maximum atomic E-state index is 5.91. The predicted molar refractivity (Wildman–Crippen MR) is 63.8 cm³/mol. The summed E-state index contributed by atoms with van der Waals surface area (Å²) in [5, 5.41) is 0. The fraction of sp³-hybridized carbons (Fsp3) is 1.00. The summed E-state index contributed by atoms with van der Waals surface area (Å²) in [4.78, 5) is 5.01. The molecule has 0 amide bonds. The Morgan fingerprint density at radius 1 is 1.33 bits per heavy atom. The first-order chi connectivity index (χ1) is 7.22. The Kier molecular flexibility index (Phi) is 3.65. The van der Waals surface area contributed by atoms with Crippen LogP contribution in [-0.4, -0.2) is 55.6 Å². The average Bonchev–Trinajstić information content (AvgIpc) is 3.04. The van der Waals surface area contributed by atoms with Crippen LogP contribution >= 0.6 is 0 Å². The zero-order valence-electron chi connectivity index (χ0n) is 10.2. The minimum atomic E-state index is 0.674. The molecule has 3 nitrogen and oxygen atoms in total. The van der Waals surface area contributed by atoms with Gasteiger partial charge in [0.1, 0.15) is 0 Å². The molecule has 1 aliphatic heterocycles. The molecular weight excluding hydrogens is 186 g/mol. The van der Waals surface area contributed by atoms with E-state index in [0.29, 0.717) is 6.04 Å². The van der Waals surface area contributed by atoms with Gasteiger partial charge in [-0.3, -0.25) is 4.90 Å². The summed E-state index contributed by atoms with van der Waals surface area (Å²) in [6.07, 6.45) is 5.51. The monoisotopic (exact) mass is 211 g/mol. The number of likely N-dealkylation sites (N-methyl/N-ethyl adjacent to an activating group) is 1. The number of hydrogen-bond acceptors (Lipinski definition) is 3. The van der Waals surface area contributed by atoms with Crippen LogP contribution in [0.3, 0.4) is 0 Å². The number of hydrogen-bond donors (Lipinski definition) is 1. The highest BCUT2D eigenvalue weighted by atomic mass is 15.2. The zero-order chi connectivity index (χ0) is 10.8. The Balaban J connectivity index is 1.90. The zero-order valence-corrected chi connectivity index (χ0v) is 10.2. The first-order valence-electron chi connectivity index (χ1n) is 6.33. The Morgan fingerprint density at radius 3 is 2.60 bits per heavy atom. The standard InChI is InChI=1S/C12H25N3/c1-14(2)11-4-3-7-15(9-11)12(8-13)10-5-6-10/h10-12H,3-9,13H2,1-2H3. The van der Waals surface area contributed by atoms with Crippen molar-refractivity contribution in [3.05, 3.63) is 0 Å². The minimum Gasteiger partial charge on any atom is -0.329 e. The third-order valence-electron chi connectivity index (χ3n) is 4.03. The van der Waals surface area contributed by atoms with Gasteiger partial charge in [0, 0.05) is 25.2 Å². The number of rotatable bonds is 4. The van der Waals surface area contributed by atoms with Crippen LogP contribution in [0.4, 0.5) is 0 Å². The van der Waals surface area contributed by atoms with E-state index >= 15 is 0 Å². The SMILES string of the molecule is CN(C)C1CCCN(C(CN)C2CC2)C1. The van der Waals surface area contributed by atoms with Crippen molar-refractivity contribution >= 4 is 0 Å². The van der Waals surface area contributed by atoms with Crippen molar-refractivity contribution in [1.82, 2.24) is 9.80 Å². The Hall–Kier alpha value is -0.120. The summed E-state index contributed by atoms with van der Waals surface area (Å²) < 4.78 is 0. The van der Waals surface area contributed by atoms with Crippen molar-refractivity contribution in [2.75, 3.05) is 33.7 Å². The van der Waals surface area contributed by atoms with Crippen molar-refractivity contribution in [3.8, 4) is 0 Å². The van der Waals surface area contributed by atoms with E-state index in [1.807, 2.05) is 0 Å². The van der Waals surface area contributed by atoms with Crippen LogP contribution < -0.4 is 5.73 Å². The molecule has 2 atom stereocenters. The van der Waals surface area contributed by atoms with Gasteiger partial charge in [-0.1, -0.05) is 0 Å². The number of nitrogens with two attached hydrogens (primary N) is 1. The molecule has 88 valence electrons. The van der Waals surface area contributed by atoms with Crippen LogP contribution in [0.25, 0.3) is 0 Å². The quantitative estimate of drug-likeness (QED) is 0.745. The molecule has 1 heterocycles. The van der Waals surface area contributed by atoms with Crippen molar-refractivity contribution in [3.63, 3.8) is 0 Å². The van der Waals surface area contributed by atoms with Crippen molar-refractivity contribution in [1.29, 1.82) is 0 Å². The third kappa shape index (κ3) is 2.71. The highest BCUT2D eigenvalue weighted by Crippen LogP contribution is 2.36. The van der Waals surface area contributed by atoms with E-state index in [1.54, 1.807) is 0 Å². The Bertz CT molecular complexity index is 201. The summed E-state index contributed by atoms with van der Waals surface area (Å²) in [5.41, 5.74) is 5.91. The molecule has 1 aliphatic carbocycles. The molecule has 3 heteroatoms. The molecular formula is C12H25N3. The fourth-order valence-electron chi connectivity index (χ4n) is 2.83. The molecule has 0 spiro atoms. The van der Waals surface area contributed by atoms with E-state index in [9.17, 15) is 0 Å². The van der Waals surface area contributed by atoms with Gasteiger partial charge >= 0.3 is 0 Å². The lowest BCUT2D eigenvalue weighted by atomic mass is 10.0. The van der Waals surface area contributed by atoms with Gasteiger partial charge in [0.25, 0.3) is 0 Å². The van der Waals surface area contributed by atoms with E-state index in [-0.39, 0.29) is 0 Å². The topological polar surface area (TPSA) is 32.5 Å². The van der Waals surface area contributed by atoms with Gasteiger partial charge in [-0.15, -0.1) is 0 Å². The number of likely N-dealkylation sites (tertiary alicyclic amines) is 1. The largest absolute Gasteiger partial charge is 0.329 e. The molecule has 1 saturated carbocycles. The predicted octanol–water partition coefficient (Wildman–Crippen LogP) is 0.750. The van der Waals surface area contributed by atoms with Crippen LogP contribution in [0, 0.1) is 5.92 Å². The number of nitrogens with zero attached hydrogens (tertiary/aromatic N) is 2. The lowest BCUT2D eigenvalue weighted by Crippen LogP contribution is -2.52. The Labute approximate surface area is 93.6 Å². The lowest BCUT2D eigenvalue weighted by molar-refractivity contribution is 0.0895. The molecule has 0 radical (unpaired) electrons. The molecule has 0 bridgehead atoms. The highest BCUT2D eigenvalue weighted by molar-refractivity contribution is 4.92. The summed E-state index contributed by atoms with van der Waals surface area (Å²) in [7, 11) is 4.39.